The van der Waals surface area contributed by atoms with Gasteiger partial charge in [-0.2, -0.15) is 20.6 Å². The van der Waals surface area contributed by atoms with Gasteiger partial charge in [0, 0.05) is 53.8 Å². The number of rotatable bonds is 5. The van der Waals surface area contributed by atoms with Crippen LogP contribution in [0.15, 0.2) is 42.6 Å². The standard InChI is InChI=1S/C28H29N7O/c1-17-12-30-31-18(2)26(17)19(3)36-23-5-6-25-24(10-23)27(33-32-25)21-7-20(11-29)8-22(9-21)35-15-28(16-35)13-34(4)14-28/h5-10,12,19H,13-16H2,1-4H3,(H,32,33)/t19-/m0/s1. The van der Waals surface area contributed by atoms with Gasteiger partial charge in [-0.15, -0.1) is 0 Å². The van der Waals surface area contributed by atoms with Crippen LogP contribution in [0.25, 0.3) is 22.2 Å². The van der Waals surface area contributed by atoms with Gasteiger partial charge in [-0.3, -0.25) is 5.10 Å². The topological polar surface area (TPSA) is 94.0 Å². The molecular weight excluding hydrogens is 450 g/mol. The van der Waals surface area contributed by atoms with Crippen LogP contribution in [0.2, 0.25) is 0 Å². The van der Waals surface area contributed by atoms with E-state index in [1.54, 1.807) is 6.20 Å². The summed E-state index contributed by atoms with van der Waals surface area (Å²) < 4.78 is 6.34. The van der Waals surface area contributed by atoms with E-state index in [1.165, 1.54) is 0 Å². The maximum atomic E-state index is 9.73. The first-order valence-corrected chi connectivity index (χ1v) is 12.3. The summed E-state index contributed by atoms with van der Waals surface area (Å²) in [4.78, 5) is 4.73. The number of fused-ring (bicyclic) bond motifs is 1. The number of anilines is 1. The highest BCUT2D eigenvalue weighted by atomic mass is 16.5. The molecule has 2 saturated heterocycles. The third-order valence-electron chi connectivity index (χ3n) is 7.48. The predicted octanol–water partition coefficient (Wildman–Crippen LogP) is 4.40. The molecule has 2 aromatic carbocycles. The number of aromatic nitrogens is 4. The second kappa shape index (κ2) is 8.32. The van der Waals surface area contributed by atoms with Gasteiger partial charge in [0.15, 0.2) is 0 Å². The Morgan fingerprint density at radius 2 is 1.92 bits per heavy atom. The van der Waals surface area contributed by atoms with Gasteiger partial charge in [0.25, 0.3) is 0 Å². The molecule has 2 aliphatic heterocycles. The summed E-state index contributed by atoms with van der Waals surface area (Å²) in [6.07, 6.45) is 1.59. The molecule has 1 N–H and O–H groups in total. The summed E-state index contributed by atoms with van der Waals surface area (Å²) in [5.74, 6) is 0.753. The normalized spacial score (nSPS) is 17.5. The smallest absolute Gasteiger partial charge is 0.123 e. The molecule has 8 heteroatoms. The minimum Gasteiger partial charge on any atom is -0.486 e. The van der Waals surface area contributed by atoms with E-state index in [1.807, 2.05) is 51.1 Å². The lowest BCUT2D eigenvalue weighted by Crippen LogP contribution is -2.71. The van der Waals surface area contributed by atoms with Crippen molar-refractivity contribution in [2.75, 3.05) is 38.1 Å². The lowest BCUT2D eigenvalue weighted by Gasteiger charge is -2.60. The molecule has 0 aliphatic carbocycles. The lowest BCUT2D eigenvalue weighted by atomic mass is 9.73. The van der Waals surface area contributed by atoms with E-state index < -0.39 is 0 Å². The lowest BCUT2D eigenvalue weighted by molar-refractivity contribution is -0.00238. The molecule has 1 atom stereocenters. The zero-order valence-corrected chi connectivity index (χ0v) is 21.0. The molecule has 36 heavy (non-hydrogen) atoms. The van der Waals surface area contributed by atoms with Crippen molar-refractivity contribution in [3.63, 3.8) is 0 Å². The number of hydrogen-bond donors (Lipinski definition) is 1. The zero-order chi connectivity index (χ0) is 25.0. The van der Waals surface area contributed by atoms with Crippen molar-refractivity contribution in [1.82, 2.24) is 25.3 Å². The first kappa shape index (κ1) is 22.5. The van der Waals surface area contributed by atoms with Gasteiger partial charge >= 0.3 is 0 Å². The molecule has 0 radical (unpaired) electrons. The molecule has 8 nitrogen and oxygen atoms in total. The summed E-state index contributed by atoms with van der Waals surface area (Å²) in [6, 6.07) is 14.3. The van der Waals surface area contributed by atoms with Crippen molar-refractivity contribution in [3.05, 3.63) is 65.0 Å². The van der Waals surface area contributed by atoms with Crippen LogP contribution in [-0.2, 0) is 0 Å². The van der Waals surface area contributed by atoms with Crippen molar-refractivity contribution in [1.29, 1.82) is 5.26 Å². The number of nitrogens with one attached hydrogen (secondary N) is 1. The number of H-pyrrole nitrogens is 1. The molecule has 1 spiro atoms. The molecule has 182 valence electrons. The summed E-state index contributed by atoms with van der Waals surface area (Å²) in [6.45, 7) is 10.4. The number of nitrogens with zero attached hydrogens (tertiary/aromatic N) is 6. The number of aromatic amines is 1. The van der Waals surface area contributed by atoms with E-state index in [2.05, 4.69) is 49.4 Å². The minimum atomic E-state index is -0.175. The van der Waals surface area contributed by atoms with Crippen molar-refractivity contribution in [2.45, 2.75) is 26.9 Å². The Morgan fingerprint density at radius 3 is 2.64 bits per heavy atom. The fourth-order valence-electron chi connectivity index (χ4n) is 6.02. The molecule has 2 aliphatic rings. The quantitative estimate of drug-likeness (QED) is 0.453. The third-order valence-corrected chi connectivity index (χ3v) is 7.48. The predicted molar refractivity (Wildman–Crippen MR) is 139 cm³/mol. The van der Waals surface area contributed by atoms with E-state index in [9.17, 15) is 5.26 Å². The Hall–Kier alpha value is -3.96. The number of benzene rings is 2. The van der Waals surface area contributed by atoms with E-state index in [0.717, 1.165) is 76.6 Å². The van der Waals surface area contributed by atoms with Crippen molar-refractivity contribution < 1.29 is 4.74 Å². The average Bonchev–Trinajstić information content (AvgIpc) is 3.23. The van der Waals surface area contributed by atoms with Crippen LogP contribution in [0, 0.1) is 30.6 Å². The number of aryl methyl sites for hydroxylation is 2. The van der Waals surface area contributed by atoms with Gasteiger partial charge in [0.1, 0.15) is 17.5 Å². The number of nitriles is 1. The van der Waals surface area contributed by atoms with Crippen molar-refractivity contribution >= 4 is 16.6 Å². The molecular formula is C28H29N7O. The minimum absolute atomic E-state index is 0.175. The number of hydrogen-bond acceptors (Lipinski definition) is 7. The molecule has 4 heterocycles. The molecule has 0 amide bonds. The zero-order valence-electron chi connectivity index (χ0n) is 21.0. The SMILES string of the molecule is Cc1cnnc(C)c1[C@H](C)Oc1ccc2[nH]nc(-c3cc(C#N)cc(N4CC5(CN(C)C5)C4)c3)c2c1. The number of likely N-dealkylation sites (tertiary alicyclic amines) is 1. The van der Waals surface area contributed by atoms with E-state index >= 15 is 0 Å². The highest BCUT2D eigenvalue weighted by Gasteiger charge is 2.50. The molecule has 0 bridgehead atoms. The Bertz CT molecular complexity index is 1480. The van der Waals surface area contributed by atoms with Gasteiger partial charge in [-0.25, -0.2) is 0 Å². The largest absolute Gasteiger partial charge is 0.486 e. The third kappa shape index (κ3) is 3.76. The monoisotopic (exact) mass is 479 g/mol. The van der Waals surface area contributed by atoms with E-state index in [0.29, 0.717) is 11.0 Å². The maximum Gasteiger partial charge on any atom is 0.123 e. The second-order valence-corrected chi connectivity index (χ2v) is 10.5. The van der Waals surface area contributed by atoms with Crippen LogP contribution in [0.5, 0.6) is 5.75 Å². The van der Waals surface area contributed by atoms with Gasteiger partial charge < -0.3 is 14.5 Å². The first-order chi connectivity index (χ1) is 17.3. The highest BCUT2D eigenvalue weighted by molar-refractivity contribution is 5.94. The van der Waals surface area contributed by atoms with Crippen molar-refractivity contribution in [2.24, 2.45) is 5.41 Å². The van der Waals surface area contributed by atoms with Gasteiger partial charge in [-0.05, 0) is 69.8 Å². The van der Waals surface area contributed by atoms with E-state index in [4.69, 9.17) is 4.74 Å². The Balaban J connectivity index is 1.31. The molecule has 2 fully saturated rings. The van der Waals surface area contributed by atoms with Crippen LogP contribution < -0.4 is 9.64 Å². The van der Waals surface area contributed by atoms with Crippen LogP contribution in [0.4, 0.5) is 5.69 Å². The first-order valence-electron chi connectivity index (χ1n) is 12.3. The maximum absolute atomic E-state index is 9.73. The summed E-state index contributed by atoms with van der Waals surface area (Å²) in [5.41, 5.74) is 7.79. The Kier molecular flexibility index (Phi) is 5.20. The summed E-state index contributed by atoms with van der Waals surface area (Å²) in [5, 5.41) is 26.7. The van der Waals surface area contributed by atoms with Crippen LogP contribution in [-0.4, -0.2) is 58.5 Å². The van der Waals surface area contributed by atoms with Crippen LogP contribution in [0.3, 0.4) is 0 Å². The Labute approximate surface area is 210 Å². The molecule has 2 aromatic heterocycles. The van der Waals surface area contributed by atoms with Gasteiger partial charge in [0.05, 0.1) is 29.0 Å². The van der Waals surface area contributed by atoms with E-state index in [-0.39, 0.29) is 6.10 Å². The molecule has 4 aromatic rings. The fraction of sp³-hybridized carbons (Fsp3) is 0.357. The summed E-state index contributed by atoms with van der Waals surface area (Å²) in [7, 11) is 2.17. The highest BCUT2D eigenvalue weighted by Crippen LogP contribution is 2.42. The fourth-order valence-corrected chi connectivity index (χ4v) is 6.02. The average molecular weight is 480 g/mol. The van der Waals surface area contributed by atoms with Crippen LogP contribution in [0.1, 0.15) is 35.4 Å². The molecule has 6 rings (SSSR count). The van der Waals surface area contributed by atoms with Gasteiger partial charge in [0.2, 0.25) is 0 Å². The second-order valence-electron chi connectivity index (χ2n) is 10.5. The van der Waals surface area contributed by atoms with Crippen LogP contribution >= 0.6 is 0 Å². The van der Waals surface area contributed by atoms with Crippen molar-refractivity contribution in [3.8, 4) is 23.1 Å². The van der Waals surface area contributed by atoms with Gasteiger partial charge in [-0.1, -0.05) is 0 Å². The summed E-state index contributed by atoms with van der Waals surface area (Å²) >= 11 is 0. The molecule has 0 saturated carbocycles. The Morgan fingerprint density at radius 1 is 1.11 bits per heavy atom. The molecule has 0 unspecified atom stereocenters. The number of ether oxygens (including phenoxy) is 1.